The van der Waals surface area contributed by atoms with Crippen molar-refractivity contribution in [1.82, 2.24) is 9.91 Å². The Balaban J connectivity index is 1.58. The maximum Gasteiger partial charge on any atom is 0.416 e. The van der Waals surface area contributed by atoms with Gasteiger partial charge in [0, 0.05) is 25.6 Å². The highest BCUT2D eigenvalue weighted by Crippen LogP contribution is 2.34. The van der Waals surface area contributed by atoms with E-state index in [-0.39, 0.29) is 25.3 Å². The maximum atomic E-state index is 13.5. The van der Waals surface area contributed by atoms with Crippen molar-refractivity contribution in [2.75, 3.05) is 26.8 Å². The highest BCUT2D eigenvalue weighted by atomic mass is 32.1. The van der Waals surface area contributed by atoms with Crippen LogP contribution in [0.2, 0.25) is 0 Å². The van der Waals surface area contributed by atoms with Gasteiger partial charge >= 0.3 is 6.18 Å². The number of nitrogens with zero attached hydrogens (tertiary/aromatic N) is 3. The summed E-state index contributed by atoms with van der Waals surface area (Å²) >= 11 is 1.47. The summed E-state index contributed by atoms with van der Waals surface area (Å²) in [5.74, 6) is -1.51. The van der Waals surface area contributed by atoms with Gasteiger partial charge in [-0.3, -0.25) is 9.59 Å². The molecule has 0 unspecified atom stereocenters. The number of alkyl halides is 3. The highest BCUT2D eigenvalue weighted by molar-refractivity contribution is 7.12. The number of hydrogen-bond acceptors (Lipinski definition) is 5. The van der Waals surface area contributed by atoms with Crippen LogP contribution in [0.25, 0.3) is 0 Å². The number of methoxy groups -OCH3 is 1. The molecule has 0 aliphatic carbocycles. The van der Waals surface area contributed by atoms with Gasteiger partial charge in [0.25, 0.3) is 11.8 Å². The van der Waals surface area contributed by atoms with Crippen LogP contribution < -0.4 is 0 Å². The van der Waals surface area contributed by atoms with Crippen molar-refractivity contribution in [3.8, 4) is 0 Å². The molecule has 1 atom stereocenters. The molecule has 1 aromatic heterocycles. The molecule has 0 spiro atoms. The number of halogens is 4. The fourth-order valence-electron chi connectivity index (χ4n) is 3.95. The zero-order valence-electron chi connectivity index (χ0n) is 19.7. The van der Waals surface area contributed by atoms with Gasteiger partial charge in [-0.25, -0.2) is 9.40 Å². The van der Waals surface area contributed by atoms with Gasteiger partial charge in [0.05, 0.1) is 28.8 Å². The number of hydrazone groups is 1. The molecule has 1 aliphatic rings. The molecule has 2 heterocycles. The minimum Gasteiger partial charge on any atom is -0.383 e. The lowest BCUT2D eigenvalue weighted by atomic mass is 10.0. The molecule has 11 heteroatoms. The van der Waals surface area contributed by atoms with E-state index in [1.54, 1.807) is 12.1 Å². The molecular weight excluding hydrogens is 510 g/mol. The third-order valence-corrected chi connectivity index (χ3v) is 6.78. The quantitative estimate of drug-likeness (QED) is 0.366. The minimum atomic E-state index is -4.53. The Morgan fingerprint density at radius 1 is 1.11 bits per heavy atom. The molecule has 2 amide bonds. The van der Waals surface area contributed by atoms with Crippen molar-refractivity contribution < 1.29 is 31.9 Å². The van der Waals surface area contributed by atoms with Crippen molar-refractivity contribution in [2.24, 2.45) is 5.10 Å². The third-order valence-electron chi connectivity index (χ3n) is 5.86. The molecule has 0 fully saturated rings. The Bertz CT molecular complexity index is 1260. The summed E-state index contributed by atoms with van der Waals surface area (Å²) in [7, 11) is 1.44. The first-order valence-corrected chi connectivity index (χ1v) is 12.2. The van der Waals surface area contributed by atoms with Crippen molar-refractivity contribution in [2.45, 2.75) is 18.6 Å². The van der Waals surface area contributed by atoms with Crippen molar-refractivity contribution >= 4 is 28.9 Å². The van der Waals surface area contributed by atoms with Crippen molar-refractivity contribution in [3.05, 3.63) is 93.4 Å². The predicted molar refractivity (Wildman–Crippen MR) is 131 cm³/mol. The summed E-state index contributed by atoms with van der Waals surface area (Å²) in [6.45, 7) is -0.217. The van der Waals surface area contributed by atoms with Crippen LogP contribution in [-0.2, 0) is 15.7 Å². The van der Waals surface area contributed by atoms with Crippen LogP contribution in [-0.4, -0.2) is 54.2 Å². The molecule has 0 N–H and O–H groups in total. The van der Waals surface area contributed by atoms with E-state index in [0.29, 0.717) is 17.7 Å². The minimum absolute atomic E-state index is 0.0104. The molecule has 3 aromatic rings. The highest BCUT2D eigenvalue weighted by Gasteiger charge is 2.35. The van der Waals surface area contributed by atoms with Gasteiger partial charge in [0.1, 0.15) is 12.4 Å². The van der Waals surface area contributed by atoms with E-state index in [1.165, 1.54) is 40.5 Å². The van der Waals surface area contributed by atoms with E-state index in [1.807, 2.05) is 17.5 Å². The number of amides is 2. The topological polar surface area (TPSA) is 62.2 Å². The first kappa shape index (κ1) is 26.5. The van der Waals surface area contributed by atoms with Gasteiger partial charge in [0.15, 0.2) is 0 Å². The Morgan fingerprint density at radius 2 is 1.81 bits per heavy atom. The van der Waals surface area contributed by atoms with E-state index in [0.717, 1.165) is 29.1 Å². The average Bonchev–Trinajstić information content (AvgIpc) is 3.56. The van der Waals surface area contributed by atoms with Gasteiger partial charge in [-0.1, -0.05) is 18.2 Å². The van der Waals surface area contributed by atoms with Crippen LogP contribution in [0.4, 0.5) is 17.6 Å². The Morgan fingerprint density at radius 3 is 2.41 bits per heavy atom. The second-order valence-corrected chi connectivity index (χ2v) is 9.28. The fraction of sp³-hybridized carbons (Fsp3) is 0.269. The standard InChI is InChI=1S/C26H23F4N3O3S/c1-36-13-12-32(25(35)18-4-8-19(9-5-18)26(28,29)30)16-24(34)33-22(17-6-10-20(27)11-7-17)15-21(31-33)23-3-2-14-37-23/h2-11,14,22H,12-13,15-16H2,1H3/t22-/m1/s1. The summed E-state index contributed by atoms with van der Waals surface area (Å²) < 4.78 is 57.4. The van der Waals surface area contributed by atoms with Gasteiger partial charge in [-0.05, 0) is 53.4 Å². The summed E-state index contributed by atoms with van der Waals surface area (Å²) in [6.07, 6.45) is -4.13. The largest absolute Gasteiger partial charge is 0.416 e. The van der Waals surface area contributed by atoms with E-state index >= 15 is 0 Å². The summed E-state index contributed by atoms with van der Waals surface area (Å²) in [4.78, 5) is 28.7. The number of thiophene rings is 1. The Hall–Kier alpha value is -3.57. The zero-order valence-corrected chi connectivity index (χ0v) is 20.6. The van der Waals surface area contributed by atoms with Gasteiger partial charge in [-0.15, -0.1) is 11.3 Å². The van der Waals surface area contributed by atoms with E-state index in [2.05, 4.69) is 5.10 Å². The molecule has 37 heavy (non-hydrogen) atoms. The zero-order chi connectivity index (χ0) is 26.6. The van der Waals surface area contributed by atoms with Crippen LogP contribution in [0.3, 0.4) is 0 Å². The van der Waals surface area contributed by atoms with Gasteiger partial charge in [-0.2, -0.15) is 18.3 Å². The van der Waals surface area contributed by atoms with Crippen molar-refractivity contribution in [3.63, 3.8) is 0 Å². The number of carbonyl (C=O) groups is 2. The Kier molecular flexibility index (Phi) is 8.03. The number of benzene rings is 2. The molecule has 4 rings (SSSR count). The van der Waals surface area contributed by atoms with Crippen LogP contribution in [0.1, 0.15) is 38.8 Å². The lowest BCUT2D eigenvalue weighted by molar-refractivity contribution is -0.137. The normalized spacial score (nSPS) is 15.5. The third kappa shape index (κ3) is 6.23. The van der Waals surface area contributed by atoms with Crippen LogP contribution in [0.5, 0.6) is 0 Å². The van der Waals surface area contributed by atoms with E-state index < -0.39 is 35.4 Å². The second kappa shape index (κ2) is 11.2. The van der Waals surface area contributed by atoms with Crippen LogP contribution in [0, 0.1) is 5.82 Å². The Labute approximate surface area is 214 Å². The average molecular weight is 534 g/mol. The SMILES string of the molecule is COCCN(CC(=O)N1N=C(c2cccs2)C[C@@H]1c1ccc(F)cc1)C(=O)c1ccc(C(F)(F)F)cc1. The molecule has 6 nitrogen and oxygen atoms in total. The van der Waals surface area contributed by atoms with Gasteiger partial charge in [0.2, 0.25) is 0 Å². The lowest BCUT2D eigenvalue weighted by Crippen LogP contribution is -2.42. The van der Waals surface area contributed by atoms with Gasteiger partial charge < -0.3 is 9.64 Å². The number of hydrogen-bond donors (Lipinski definition) is 0. The second-order valence-electron chi connectivity index (χ2n) is 8.33. The van der Waals surface area contributed by atoms with E-state index in [4.69, 9.17) is 4.74 Å². The molecule has 0 bridgehead atoms. The fourth-order valence-corrected chi connectivity index (χ4v) is 4.67. The molecule has 194 valence electrons. The number of carbonyl (C=O) groups excluding carboxylic acids is 2. The summed E-state index contributed by atoms with van der Waals surface area (Å²) in [5, 5.41) is 7.72. The summed E-state index contributed by atoms with van der Waals surface area (Å²) in [5.41, 5.74) is 0.507. The molecule has 0 saturated carbocycles. The predicted octanol–water partition coefficient (Wildman–Crippen LogP) is 5.37. The lowest BCUT2D eigenvalue weighted by Gasteiger charge is -2.27. The monoisotopic (exact) mass is 533 g/mol. The smallest absolute Gasteiger partial charge is 0.383 e. The molecule has 0 saturated heterocycles. The molecular formula is C26H23F4N3O3S. The summed E-state index contributed by atoms with van der Waals surface area (Å²) in [6, 6.07) is 12.9. The molecule has 0 radical (unpaired) electrons. The molecule has 1 aliphatic heterocycles. The number of ether oxygens (including phenoxy) is 1. The van der Waals surface area contributed by atoms with Crippen LogP contribution >= 0.6 is 11.3 Å². The van der Waals surface area contributed by atoms with E-state index in [9.17, 15) is 27.2 Å². The molecule has 2 aromatic carbocycles. The van der Waals surface area contributed by atoms with Crippen LogP contribution in [0.15, 0.2) is 71.1 Å². The van der Waals surface area contributed by atoms with Crippen molar-refractivity contribution in [1.29, 1.82) is 0 Å². The first-order chi connectivity index (χ1) is 17.7. The first-order valence-electron chi connectivity index (χ1n) is 11.3. The number of rotatable bonds is 8. The maximum absolute atomic E-state index is 13.5.